The van der Waals surface area contributed by atoms with Gasteiger partial charge in [-0.1, -0.05) is 26.0 Å². The minimum Gasteiger partial charge on any atom is -0.374 e. The highest BCUT2D eigenvalue weighted by Crippen LogP contribution is 2.39. The lowest BCUT2D eigenvalue weighted by Gasteiger charge is -2.48. The van der Waals surface area contributed by atoms with E-state index in [9.17, 15) is 0 Å². The van der Waals surface area contributed by atoms with Crippen molar-refractivity contribution in [3.05, 3.63) is 12.2 Å². The van der Waals surface area contributed by atoms with E-state index in [1.807, 2.05) is 0 Å². The molecule has 0 radical (unpaired) electrons. The Balaban J connectivity index is 2.59. The maximum absolute atomic E-state index is 5.59. The number of rotatable bonds is 2. The Kier molecular flexibility index (Phi) is 2.38. The maximum atomic E-state index is 5.59. The van der Waals surface area contributed by atoms with Gasteiger partial charge in [0.2, 0.25) is 0 Å². The van der Waals surface area contributed by atoms with Crippen LogP contribution in [0.15, 0.2) is 12.2 Å². The highest BCUT2D eigenvalue weighted by molar-refractivity contribution is 5.04. The van der Waals surface area contributed by atoms with Gasteiger partial charge in [-0.2, -0.15) is 0 Å². The monoisotopic (exact) mass is 154 g/mol. The minimum atomic E-state index is 0.104. The van der Waals surface area contributed by atoms with Gasteiger partial charge >= 0.3 is 0 Å². The molecule has 0 aromatic carbocycles. The summed E-state index contributed by atoms with van der Waals surface area (Å²) in [4.78, 5) is 0. The summed E-state index contributed by atoms with van der Waals surface area (Å²) in [5.41, 5.74) is 0.104. The quantitative estimate of drug-likeness (QED) is 0.555. The van der Waals surface area contributed by atoms with Crippen LogP contribution in [0.25, 0.3) is 0 Å². The van der Waals surface area contributed by atoms with Crippen LogP contribution in [-0.2, 0) is 4.74 Å². The van der Waals surface area contributed by atoms with Gasteiger partial charge < -0.3 is 4.74 Å². The summed E-state index contributed by atoms with van der Waals surface area (Å²) in [5.74, 6) is 1.24. The van der Waals surface area contributed by atoms with Crippen LogP contribution in [0.5, 0.6) is 0 Å². The molecule has 1 aliphatic rings. The molecule has 1 fully saturated rings. The van der Waals surface area contributed by atoms with Crippen LogP contribution in [0, 0.1) is 11.8 Å². The van der Waals surface area contributed by atoms with Crippen LogP contribution in [0.3, 0.4) is 0 Å². The van der Waals surface area contributed by atoms with E-state index in [-0.39, 0.29) is 5.60 Å². The average molecular weight is 154 g/mol. The molecule has 0 aliphatic carbocycles. The number of hydrogen-bond acceptors (Lipinski definition) is 1. The van der Waals surface area contributed by atoms with Gasteiger partial charge in [-0.25, -0.2) is 0 Å². The third-order valence-corrected chi connectivity index (χ3v) is 2.88. The second kappa shape index (κ2) is 2.98. The standard InChI is InChI=1S/C10H18O/c1-5-6-9-7-11-10(9,4)8(2)3/h5-6,8-9H,7H2,1-4H3. The van der Waals surface area contributed by atoms with Crippen molar-refractivity contribution >= 4 is 0 Å². The Morgan fingerprint density at radius 1 is 1.55 bits per heavy atom. The second-order valence-corrected chi connectivity index (χ2v) is 3.78. The summed E-state index contributed by atoms with van der Waals surface area (Å²) < 4.78 is 5.59. The Bertz CT molecular complexity index is 160. The lowest BCUT2D eigenvalue weighted by molar-refractivity contribution is -0.198. The number of ether oxygens (including phenoxy) is 1. The van der Waals surface area contributed by atoms with Gasteiger partial charge in [0, 0.05) is 5.92 Å². The molecular formula is C10H18O. The zero-order valence-electron chi connectivity index (χ0n) is 7.92. The van der Waals surface area contributed by atoms with E-state index in [4.69, 9.17) is 4.74 Å². The summed E-state index contributed by atoms with van der Waals surface area (Å²) in [7, 11) is 0. The Morgan fingerprint density at radius 2 is 2.18 bits per heavy atom. The SMILES string of the molecule is CC=CC1COC1(C)C(C)C. The zero-order chi connectivity index (χ0) is 8.48. The van der Waals surface area contributed by atoms with Gasteiger partial charge in [0.05, 0.1) is 12.2 Å². The van der Waals surface area contributed by atoms with E-state index < -0.39 is 0 Å². The van der Waals surface area contributed by atoms with E-state index >= 15 is 0 Å². The van der Waals surface area contributed by atoms with Crippen LogP contribution in [0.4, 0.5) is 0 Å². The molecule has 0 spiro atoms. The topological polar surface area (TPSA) is 9.23 Å². The van der Waals surface area contributed by atoms with Crippen LogP contribution >= 0.6 is 0 Å². The van der Waals surface area contributed by atoms with Crippen molar-refractivity contribution in [1.82, 2.24) is 0 Å². The first kappa shape index (κ1) is 8.79. The summed E-state index contributed by atoms with van der Waals surface area (Å²) in [5, 5.41) is 0. The summed E-state index contributed by atoms with van der Waals surface area (Å²) in [6, 6.07) is 0. The zero-order valence-corrected chi connectivity index (χ0v) is 7.92. The molecular weight excluding hydrogens is 136 g/mol. The fourth-order valence-electron chi connectivity index (χ4n) is 1.52. The smallest absolute Gasteiger partial charge is 0.0761 e. The van der Waals surface area contributed by atoms with Gasteiger partial charge in [-0.15, -0.1) is 0 Å². The van der Waals surface area contributed by atoms with Gasteiger partial charge in [0.1, 0.15) is 0 Å². The molecule has 0 amide bonds. The van der Waals surface area contributed by atoms with Crippen LogP contribution in [0.2, 0.25) is 0 Å². The molecule has 0 aromatic rings. The van der Waals surface area contributed by atoms with Crippen molar-refractivity contribution in [2.45, 2.75) is 33.3 Å². The van der Waals surface area contributed by atoms with Crippen molar-refractivity contribution in [2.24, 2.45) is 11.8 Å². The van der Waals surface area contributed by atoms with Crippen molar-refractivity contribution < 1.29 is 4.74 Å². The molecule has 1 nitrogen and oxygen atoms in total. The lowest BCUT2D eigenvalue weighted by atomic mass is 9.76. The molecule has 1 saturated heterocycles. The predicted octanol–water partition coefficient (Wildman–Crippen LogP) is 2.62. The van der Waals surface area contributed by atoms with E-state index in [0.29, 0.717) is 11.8 Å². The molecule has 1 rings (SSSR count). The van der Waals surface area contributed by atoms with Crippen LogP contribution in [-0.4, -0.2) is 12.2 Å². The van der Waals surface area contributed by atoms with Gasteiger partial charge in [-0.3, -0.25) is 0 Å². The van der Waals surface area contributed by atoms with Crippen molar-refractivity contribution in [2.75, 3.05) is 6.61 Å². The van der Waals surface area contributed by atoms with Crippen molar-refractivity contribution in [1.29, 1.82) is 0 Å². The third kappa shape index (κ3) is 1.34. The van der Waals surface area contributed by atoms with Gasteiger partial charge in [0.25, 0.3) is 0 Å². The summed E-state index contributed by atoms with van der Waals surface area (Å²) >= 11 is 0. The normalized spacial score (nSPS) is 38.1. The molecule has 1 heteroatoms. The fourth-order valence-corrected chi connectivity index (χ4v) is 1.52. The molecule has 11 heavy (non-hydrogen) atoms. The van der Waals surface area contributed by atoms with Gasteiger partial charge in [0.15, 0.2) is 0 Å². The first-order chi connectivity index (χ1) is 5.11. The predicted molar refractivity (Wildman–Crippen MR) is 47.5 cm³/mol. The Morgan fingerprint density at radius 3 is 2.45 bits per heavy atom. The minimum absolute atomic E-state index is 0.104. The lowest BCUT2D eigenvalue weighted by Crippen LogP contribution is -2.53. The number of allylic oxidation sites excluding steroid dienone is 1. The van der Waals surface area contributed by atoms with Crippen LogP contribution in [0.1, 0.15) is 27.7 Å². The van der Waals surface area contributed by atoms with E-state index in [1.54, 1.807) is 0 Å². The molecule has 64 valence electrons. The molecule has 0 bridgehead atoms. The highest BCUT2D eigenvalue weighted by Gasteiger charge is 2.44. The Labute approximate surface area is 69.4 Å². The highest BCUT2D eigenvalue weighted by atomic mass is 16.5. The van der Waals surface area contributed by atoms with Crippen LogP contribution < -0.4 is 0 Å². The second-order valence-electron chi connectivity index (χ2n) is 3.78. The number of hydrogen-bond donors (Lipinski definition) is 0. The average Bonchev–Trinajstić information content (AvgIpc) is 1.96. The largest absolute Gasteiger partial charge is 0.374 e. The first-order valence-corrected chi connectivity index (χ1v) is 4.38. The molecule has 0 aromatic heterocycles. The Hall–Kier alpha value is -0.300. The molecule has 0 N–H and O–H groups in total. The molecule has 0 saturated carbocycles. The van der Waals surface area contributed by atoms with E-state index in [0.717, 1.165) is 6.61 Å². The summed E-state index contributed by atoms with van der Waals surface area (Å²) in [6.45, 7) is 9.61. The van der Waals surface area contributed by atoms with Crippen molar-refractivity contribution in [3.8, 4) is 0 Å². The maximum Gasteiger partial charge on any atom is 0.0761 e. The van der Waals surface area contributed by atoms with E-state index in [2.05, 4.69) is 39.8 Å². The molecule has 1 heterocycles. The van der Waals surface area contributed by atoms with Gasteiger partial charge in [-0.05, 0) is 19.8 Å². The van der Waals surface area contributed by atoms with Crippen molar-refractivity contribution in [3.63, 3.8) is 0 Å². The first-order valence-electron chi connectivity index (χ1n) is 4.38. The molecule has 1 aliphatic heterocycles. The summed E-state index contributed by atoms with van der Waals surface area (Å²) in [6.07, 6.45) is 4.37. The third-order valence-electron chi connectivity index (χ3n) is 2.88. The molecule has 2 atom stereocenters. The van der Waals surface area contributed by atoms with E-state index in [1.165, 1.54) is 0 Å². The fraction of sp³-hybridized carbons (Fsp3) is 0.800. The molecule has 2 unspecified atom stereocenters.